The molecule has 0 amide bonds. The molecule has 0 atom stereocenters. The van der Waals surface area contributed by atoms with Gasteiger partial charge in [0.05, 0.1) is 49.4 Å². The first-order valence-electron chi connectivity index (χ1n) is 13.7. The number of nitrogens with one attached hydrogen (secondary N) is 1. The van der Waals surface area contributed by atoms with Gasteiger partial charge >= 0.3 is 5.97 Å². The van der Waals surface area contributed by atoms with Crippen LogP contribution in [-0.4, -0.2) is 94.9 Å². The largest absolute Gasteiger partial charge is 0.478 e. The Labute approximate surface area is 232 Å². The van der Waals surface area contributed by atoms with E-state index in [1.165, 1.54) is 0 Å². The summed E-state index contributed by atoms with van der Waals surface area (Å²) in [5.41, 5.74) is 3.85. The lowest BCUT2D eigenvalue weighted by Gasteiger charge is -2.27. The van der Waals surface area contributed by atoms with Gasteiger partial charge in [-0.25, -0.2) is 9.78 Å². The summed E-state index contributed by atoms with van der Waals surface area (Å²) in [5.74, 6) is 0.305. The average molecular weight is 544 g/mol. The van der Waals surface area contributed by atoms with Crippen molar-refractivity contribution in [2.75, 3.05) is 69.4 Å². The van der Waals surface area contributed by atoms with Crippen LogP contribution in [0.4, 0.5) is 17.5 Å². The maximum absolute atomic E-state index is 11.2. The van der Waals surface area contributed by atoms with Crippen LogP contribution in [0.25, 0.3) is 22.2 Å². The number of fused-ring (bicyclic) bond motifs is 1. The third-order valence-corrected chi connectivity index (χ3v) is 7.30. The van der Waals surface area contributed by atoms with Gasteiger partial charge in [0.25, 0.3) is 0 Å². The molecule has 4 heterocycles. The normalized spacial score (nSPS) is 16.4. The molecule has 2 aromatic heterocycles. The SMILES string of the molecule is O=C(O)c1ccc(Nc2cc(-c3ccc4c(cnn4CCCN4CCOCC4)c3)nc(N3CCOCC3)n2)cc1. The highest BCUT2D eigenvalue weighted by molar-refractivity contribution is 5.88. The quantitative estimate of drug-likeness (QED) is 0.325. The standard InChI is InChI=1S/C29H33N7O4/c37-28(38)21-2-5-24(6-3-21)31-27-19-25(32-29(33-27)35-12-16-40-17-13-35)22-4-7-26-23(18-22)20-30-36(26)9-1-8-34-10-14-39-15-11-34/h2-7,18-20H,1,8-17H2,(H,37,38)(H,31,32,33). The number of aromatic carboxylic acids is 1. The first-order valence-corrected chi connectivity index (χ1v) is 13.7. The van der Waals surface area contributed by atoms with Crippen LogP contribution < -0.4 is 10.2 Å². The molecule has 0 radical (unpaired) electrons. The summed E-state index contributed by atoms with van der Waals surface area (Å²) in [7, 11) is 0. The molecule has 11 nitrogen and oxygen atoms in total. The van der Waals surface area contributed by atoms with E-state index in [4.69, 9.17) is 19.4 Å². The number of morpholine rings is 2. The molecule has 0 spiro atoms. The molecule has 2 aromatic carbocycles. The molecular formula is C29H33N7O4. The van der Waals surface area contributed by atoms with Gasteiger partial charge in [-0.05, 0) is 42.8 Å². The van der Waals surface area contributed by atoms with E-state index in [2.05, 4.69) is 43.1 Å². The van der Waals surface area contributed by atoms with Gasteiger partial charge in [-0.15, -0.1) is 0 Å². The minimum absolute atomic E-state index is 0.234. The van der Waals surface area contributed by atoms with Gasteiger partial charge in [0.15, 0.2) is 0 Å². The molecule has 2 fully saturated rings. The first kappa shape index (κ1) is 26.2. The second-order valence-electron chi connectivity index (χ2n) is 9.99. The number of carbonyl (C=O) groups is 1. The van der Waals surface area contributed by atoms with Crippen molar-refractivity contribution in [2.24, 2.45) is 0 Å². The molecule has 2 aliphatic heterocycles. The zero-order valence-corrected chi connectivity index (χ0v) is 22.3. The number of hydrogen-bond donors (Lipinski definition) is 2. The van der Waals surface area contributed by atoms with Crippen LogP contribution >= 0.6 is 0 Å². The third kappa shape index (κ3) is 6.06. The number of carboxylic acid groups (broad SMARTS) is 1. The van der Waals surface area contributed by atoms with Crippen molar-refractivity contribution in [3.05, 3.63) is 60.3 Å². The van der Waals surface area contributed by atoms with Crippen molar-refractivity contribution in [1.82, 2.24) is 24.6 Å². The summed E-state index contributed by atoms with van der Waals surface area (Å²) in [6.45, 7) is 8.23. The van der Waals surface area contributed by atoms with Gasteiger partial charge in [-0.2, -0.15) is 10.1 Å². The highest BCUT2D eigenvalue weighted by Gasteiger charge is 2.17. The van der Waals surface area contributed by atoms with Crippen LogP contribution in [0.2, 0.25) is 0 Å². The molecule has 0 aliphatic carbocycles. The molecule has 0 unspecified atom stereocenters. The maximum atomic E-state index is 11.2. The Kier molecular flexibility index (Phi) is 7.85. The second kappa shape index (κ2) is 12.0. The predicted molar refractivity (Wildman–Crippen MR) is 152 cm³/mol. The number of rotatable bonds is 9. The van der Waals surface area contributed by atoms with E-state index in [1.54, 1.807) is 24.3 Å². The van der Waals surface area contributed by atoms with Gasteiger partial charge in [0.2, 0.25) is 5.95 Å². The number of ether oxygens (including phenoxy) is 2. The van der Waals surface area contributed by atoms with Crippen LogP contribution in [0.1, 0.15) is 16.8 Å². The van der Waals surface area contributed by atoms with E-state index in [9.17, 15) is 9.90 Å². The lowest BCUT2D eigenvalue weighted by atomic mass is 10.1. The maximum Gasteiger partial charge on any atom is 0.335 e. The molecule has 0 saturated carbocycles. The summed E-state index contributed by atoms with van der Waals surface area (Å²) >= 11 is 0. The lowest BCUT2D eigenvalue weighted by molar-refractivity contribution is 0.0368. The Morgan fingerprint density at radius 2 is 1.65 bits per heavy atom. The highest BCUT2D eigenvalue weighted by Crippen LogP contribution is 2.28. The van der Waals surface area contributed by atoms with Crippen molar-refractivity contribution in [3.8, 4) is 11.3 Å². The van der Waals surface area contributed by atoms with Crippen LogP contribution in [-0.2, 0) is 16.0 Å². The Hall–Kier alpha value is -4.06. The number of carboxylic acids is 1. The van der Waals surface area contributed by atoms with Gasteiger partial charge in [0, 0.05) is 62.0 Å². The van der Waals surface area contributed by atoms with Gasteiger partial charge in [-0.1, -0.05) is 6.07 Å². The highest BCUT2D eigenvalue weighted by atomic mass is 16.5. The smallest absolute Gasteiger partial charge is 0.335 e. The molecule has 6 rings (SSSR count). The van der Waals surface area contributed by atoms with Crippen molar-refractivity contribution < 1.29 is 19.4 Å². The zero-order valence-electron chi connectivity index (χ0n) is 22.3. The summed E-state index contributed by atoms with van der Waals surface area (Å²) in [6, 6.07) is 14.9. The fraction of sp³-hybridized carbons (Fsp3) is 0.379. The van der Waals surface area contributed by atoms with Crippen molar-refractivity contribution in [2.45, 2.75) is 13.0 Å². The predicted octanol–water partition coefficient (Wildman–Crippen LogP) is 3.49. The van der Waals surface area contributed by atoms with Crippen LogP contribution in [0.5, 0.6) is 0 Å². The van der Waals surface area contributed by atoms with Gasteiger partial charge in [0.1, 0.15) is 5.82 Å². The van der Waals surface area contributed by atoms with Gasteiger partial charge in [-0.3, -0.25) is 9.58 Å². The Bertz CT molecular complexity index is 1460. The molecule has 2 saturated heterocycles. The van der Waals surface area contributed by atoms with Crippen LogP contribution in [0.15, 0.2) is 54.7 Å². The van der Waals surface area contributed by atoms with E-state index in [-0.39, 0.29) is 5.56 Å². The molecule has 0 bridgehead atoms. The lowest BCUT2D eigenvalue weighted by Crippen LogP contribution is -2.37. The van der Waals surface area contributed by atoms with E-state index in [0.29, 0.717) is 38.1 Å². The van der Waals surface area contributed by atoms with E-state index in [1.807, 2.05) is 12.3 Å². The molecule has 2 N–H and O–H groups in total. The van der Waals surface area contributed by atoms with E-state index in [0.717, 1.165) is 73.7 Å². The van der Waals surface area contributed by atoms with Crippen LogP contribution in [0, 0.1) is 0 Å². The van der Waals surface area contributed by atoms with Crippen molar-refractivity contribution in [3.63, 3.8) is 0 Å². The zero-order chi connectivity index (χ0) is 27.3. The van der Waals surface area contributed by atoms with Gasteiger partial charge < -0.3 is 24.8 Å². The number of nitrogens with zero attached hydrogens (tertiary/aromatic N) is 6. The molecule has 4 aromatic rings. The van der Waals surface area contributed by atoms with Crippen molar-refractivity contribution in [1.29, 1.82) is 0 Å². The van der Waals surface area contributed by atoms with E-state index < -0.39 is 5.97 Å². The second-order valence-corrected chi connectivity index (χ2v) is 9.99. The summed E-state index contributed by atoms with van der Waals surface area (Å²) in [4.78, 5) is 25.5. The Morgan fingerprint density at radius 3 is 2.40 bits per heavy atom. The Balaban J connectivity index is 1.24. The minimum atomic E-state index is -0.957. The third-order valence-electron chi connectivity index (χ3n) is 7.30. The number of aromatic nitrogens is 4. The summed E-state index contributed by atoms with van der Waals surface area (Å²) in [5, 5.41) is 18.3. The average Bonchev–Trinajstić information content (AvgIpc) is 3.40. The van der Waals surface area contributed by atoms with E-state index >= 15 is 0 Å². The molecule has 11 heteroatoms. The van der Waals surface area contributed by atoms with Crippen molar-refractivity contribution >= 4 is 34.3 Å². The number of anilines is 3. The number of hydrogen-bond acceptors (Lipinski definition) is 9. The Morgan fingerprint density at radius 1 is 0.900 bits per heavy atom. The summed E-state index contributed by atoms with van der Waals surface area (Å²) < 4.78 is 13.1. The number of benzene rings is 2. The topological polar surface area (TPSA) is 118 Å². The number of aryl methyl sites for hydroxylation is 1. The summed E-state index contributed by atoms with van der Waals surface area (Å²) in [6.07, 6.45) is 2.95. The fourth-order valence-electron chi connectivity index (χ4n) is 5.09. The molecule has 208 valence electrons. The molecule has 40 heavy (non-hydrogen) atoms. The fourth-order valence-corrected chi connectivity index (χ4v) is 5.09. The minimum Gasteiger partial charge on any atom is -0.478 e. The molecule has 2 aliphatic rings. The first-order chi connectivity index (χ1) is 19.6. The van der Waals surface area contributed by atoms with Crippen LogP contribution in [0.3, 0.4) is 0 Å². The monoisotopic (exact) mass is 543 g/mol. The molecular weight excluding hydrogens is 510 g/mol.